The van der Waals surface area contributed by atoms with E-state index in [1.54, 1.807) is 0 Å². The third kappa shape index (κ3) is 4.55. The van der Waals surface area contributed by atoms with Gasteiger partial charge >= 0.3 is 0 Å². The Bertz CT molecular complexity index is 123. The largest absolute Gasteiger partial charge is 0.400 e. The van der Waals surface area contributed by atoms with Crippen LogP contribution in [0.5, 0.6) is 0 Å². The Kier molecular flexibility index (Phi) is 6.20. The minimum absolute atomic E-state index is 0.0612. The molecule has 1 heterocycles. The first-order valence-electron chi connectivity index (χ1n) is 4.50. The molecule has 3 nitrogen and oxygen atoms in total. The maximum atomic E-state index is 12.8. The minimum Gasteiger partial charge on any atom is -0.400 e. The highest BCUT2D eigenvalue weighted by Gasteiger charge is 2.27. The van der Waals surface area contributed by atoms with Crippen molar-refractivity contribution in [1.29, 1.82) is 0 Å². The second-order valence-electron chi connectivity index (χ2n) is 3.45. The Morgan fingerprint density at radius 1 is 1.31 bits per heavy atom. The zero-order chi connectivity index (χ0) is 10.4. The van der Waals surface area contributed by atoms with Gasteiger partial charge in [0.2, 0.25) is 6.36 Å². The topological polar surface area (TPSA) is 32.7 Å². The van der Waals surface area contributed by atoms with Gasteiger partial charge in [0.25, 0.3) is 0 Å². The summed E-state index contributed by atoms with van der Waals surface area (Å²) in [6.07, 6.45) is 0.447. The van der Waals surface area contributed by atoms with Gasteiger partial charge < -0.3 is 14.7 Å². The Hall–Kier alpha value is -0.190. The van der Waals surface area contributed by atoms with Crippen LogP contribution in [0.2, 0.25) is 0 Å². The maximum Gasteiger partial charge on any atom is 0.200 e. The lowest BCUT2D eigenvalue weighted by atomic mass is 10.0. The number of halogens is 1. The highest BCUT2D eigenvalue weighted by atomic mass is 19.1. The fraction of sp³-hybridized carbons (Fsp3) is 1.00. The Balaban J connectivity index is 0.000000671. The molecule has 80 valence electrons. The first-order chi connectivity index (χ1) is 6.09. The van der Waals surface area contributed by atoms with Gasteiger partial charge in [-0.05, 0) is 27.4 Å². The van der Waals surface area contributed by atoms with Gasteiger partial charge in [-0.25, -0.2) is 4.39 Å². The molecule has 1 aliphatic rings. The molecule has 4 heteroatoms. The number of ether oxygens (including phenoxy) is 1. The van der Waals surface area contributed by atoms with Crippen LogP contribution >= 0.6 is 0 Å². The lowest BCUT2D eigenvalue weighted by molar-refractivity contribution is -0.129. The summed E-state index contributed by atoms with van der Waals surface area (Å²) in [4.78, 5) is 2.06. The normalized spacial score (nSPS) is 33.9. The molecule has 13 heavy (non-hydrogen) atoms. The molecule has 3 unspecified atom stereocenters. The third-order valence-corrected chi connectivity index (χ3v) is 2.17. The van der Waals surface area contributed by atoms with Crippen LogP contribution in [0.15, 0.2) is 0 Å². The highest BCUT2D eigenvalue weighted by molar-refractivity contribution is 4.75. The summed E-state index contributed by atoms with van der Waals surface area (Å²) in [6.45, 7) is 1.92. The van der Waals surface area contributed by atoms with Crippen molar-refractivity contribution in [3.8, 4) is 0 Å². The molecule has 1 fully saturated rings. The molecular formula is C9H20FNO2. The molecule has 0 spiro atoms. The lowest BCUT2D eigenvalue weighted by Crippen LogP contribution is -2.40. The summed E-state index contributed by atoms with van der Waals surface area (Å²) in [6, 6.07) is 0.341. The van der Waals surface area contributed by atoms with Crippen molar-refractivity contribution >= 4 is 0 Å². The van der Waals surface area contributed by atoms with E-state index in [1.807, 2.05) is 21.0 Å². The summed E-state index contributed by atoms with van der Waals surface area (Å²) in [5, 5.41) is 7.00. The van der Waals surface area contributed by atoms with E-state index < -0.39 is 6.36 Å². The van der Waals surface area contributed by atoms with E-state index >= 15 is 0 Å². The van der Waals surface area contributed by atoms with Crippen LogP contribution < -0.4 is 0 Å². The lowest BCUT2D eigenvalue weighted by Gasteiger charge is -2.33. The van der Waals surface area contributed by atoms with Crippen molar-refractivity contribution in [1.82, 2.24) is 4.90 Å². The fourth-order valence-corrected chi connectivity index (χ4v) is 1.48. The molecule has 0 bridgehead atoms. The number of hydrogen-bond acceptors (Lipinski definition) is 3. The van der Waals surface area contributed by atoms with Gasteiger partial charge in [0.15, 0.2) is 0 Å². The van der Waals surface area contributed by atoms with Crippen molar-refractivity contribution in [3.05, 3.63) is 0 Å². The van der Waals surface area contributed by atoms with E-state index in [0.29, 0.717) is 12.5 Å². The average Bonchev–Trinajstić information content (AvgIpc) is 2.06. The number of aliphatic hydroxyl groups is 1. The van der Waals surface area contributed by atoms with Gasteiger partial charge in [-0.1, -0.05) is 0 Å². The Morgan fingerprint density at radius 2 is 1.85 bits per heavy atom. The summed E-state index contributed by atoms with van der Waals surface area (Å²) >= 11 is 0. The smallest absolute Gasteiger partial charge is 0.200 e. The number of aliphatic hydroxyl groups excluding tert-OH is 1. The average molecular weight is 193 g/mol. The third-order valence-electron chi connectivity index (χ3n) is 2.17. The van der Waals surface area contributed by atoms with Crippen molar-refractivity contribution in [2.45, 2.75) is 38.3 Å². The van der Waals surface area contributed by atoms with Crippen LogP contribution in [0, 0.1) is 0 Å². The van der Waals surface area contributed by atoms with Crippen molar-refractivity contribution < 1.29 is 14.2 Å². The number of nitrogens with zero attached hydrogens (tertiary/aromatic N) is 1. The predicted octanol–water partition coefficient (Wildman–Crippen LogP) is 1.02. The van der Waals surface area contributed by atoms with Crippen LogP contribution in [0.3, 0.4) is 0 Å². The SMILES string of the molecule is CC1CC(N(C)C)CC(F)O1.CO. The van der Waals surface area contributed by atoms with Crippen LogP contribution in [-0.4, -0.2) is 49.7 Å². The molecule has 0 amide bonds. The van der Waals surface area contributed by atoms with Gasteiger partial charge in [0.05, 0.1) is 6.10 Å². The first-order valence-corrected chi connectivity index (χ1v) is 4.50. The fourth-order valence-electron chi connectivity index (χ4n) is 1.48. The van der Waals surface area contributed by atoms with E-state index in [0.717, 1.165) is 13.5 Å². The van der Waals surface area contributed by atoms with E-state index in [9.17, 15) is 4.39 Å². The quantitative estimate of drug-likeness (QED) is 0.675. The van der Waals surface area contributed by atoms with E-state index in [-0.39, 0.29) is 6.10 Å². The molecular weight excluding hydrogens is 173 g/mol. The van der Waals surface area contributed by atoms with Crippen molar-refractivity contribution in [2.75, 3.05) is 21.2 Å². The molecule has 1 N–H and O–H groups in total. The minimum atomic E-state index is -1.06. The molecule has 1 saturated heterocycles. The summed E-state index contributed by atoms with van der Waals surface area (Å²) < 4.78 is 17.8. The van der Waals surface area contributed by atoms with Crippen LogP contribution in [0.1, 0.15) is 19.8 Å². The van der Waals surface area contributed by atoms with E-state index in [2.05, 4.69) is 4.90 Å². The zero-order valence-corrected chi connectivity index (χ0v) is 8.83. The molecule has 1 rings (SSSR count). The van der Waals surface area contributed by atoms with Crippen LogP contribution in [0.4, 0.5) is 4.39 Å². The first kappa shape index (κ1) is 12.8. The molecule has 0 aromatic carbocycles. The molecule has 0 saturated carbocycles. The molecule has 0 radical (unpaired) electrons. The van der Waals surface area contributed by atoms with Gasteiger partial charge in [-0.2, -0.15) is 0 Å². The number of rotatable bonds is 1. The monoisotopic (exact) mass is 193 g/mol. The second-order valence-corrected chi connectivity index (χ2v) is 3.45. The molecule has 0 aromatic rings. The standard InChI is InChI=1S/C8H16FNO.CH4O/c1-6-4-7(10(2)3)5-8(9)11-6;1-2/h6-8H,4-5H2,1-3H3;2H,1H3. The van der Waals surface area contributed by atoms with E-state index in [1.165, 1.54) is 0 Å². The molecule has 3 atom stereocenters. The summed E-state index contributed by atoms with van der Waals surface area (Å²) in [7, 11) is 4.96. The summed E-state index contributed by atoms with van der Waals surface area (Å²) in [5.41, 5.74) is 0. The van der Waals surface area contributed by atoms with Gasteiger partial charge in [0.1, 0.15) is 0 Å². The Labute approximate surface area is 79.5 Å². The van der Waals surface area contributed by atoms with Gasteiger partial charge in [-0.3, -0.25) is 0 Å². The highest BCUT2D eigenvalue weighted by Crippen LogP contribution is 2.22. The zero-order valence-electron chi connectivity index (χ0n) is 8.83. The Morgan fingerprint density at radius 3 is 2.23 bits per heavy atom. The molecule has 0 aromatic heterocycles. The number of alkyl halides is 1. The predicted molar refractivity (Wildman–Crippen MR) is 50.3 cm³/mol. The van der Waals surface area contributed by atoms with Crippen LogP contribution in [-0.2, 0) is 4.74 Å². The van der Waals surface area contributed by atoms with Crippen molar-refractivity contribution in [2.24, 2.45) is 0 Å². The number of hydrogen-bond donors (Lipinski definition) is 1. The molecule has 0 aliphatic carbocycles. The van der Waals surface area contributed by atoms with Crippen LogP contribution in [0.25, 0.3) is 0 Å². The van der Waals surface area contributed by atoms with Gasteiger partial charge in [0, 0.05) is 19.6 Å². The van der Waals surface area contributed by atoms with E-state index in [4.69, 9.17) is 9.84 Å². The van der Waals surface area contributed by atoms with Gasteiger partial charge in [-0.15, -0.1) is 0 Å². The van der Waals surface area contributed by atoms with Crippen molar-refractivity contribution in [3.63, 3.8) is 0 Å². The maximum absolute atomic E-state index is 12.8. The summed E-state index contributed by atoms with van der Waals surface area (Å²) in [5.74, 6) is 0. The molecule has 1 aliphatic heterocycles. The second kappa shape index (κ2) is 6.29.